The van der Waals surface area contributed by atoms with Gasteiger partial charge in [-0.05, 0) is 55.0 Å². The summed E-state index contributed by atoms with van der Waals surface area (Å²) in [5, 5.41) is 10.3. The molecule has 0 radical (unpaired) electrons. The third kappa shape index (κ3) is 5.62. The summed E-state index contributed by atoms with van der Waals surface area (Å²) in [4.78, 5) is 21.5. The molecule has 0 bridgehead atoms. The maximum Gasteiger partial charge on any atom is 0.259 e. The van der Waals surface area contributed by atoms with Gasteiger partial charge in [-0.1, -0.05) is 17.4 Å². The van der Waals surface area contributed by atoms with E-state index in [1.807, 2.05) is 35.7 Å². The molecule has 7 nitrogen and oxygen atoms in total. The molecule has 1 saturated heterocycles. The van der Waals surface area contributed by atoms with Crippen molar-refractivity contribution in [1.29, 1.82) is 0 Å². The molecule has 0 spiro atoms. The maximum atomic E-state index is 12.2. The normalized spacial score (nSPS) is 14.0. The molecule has 2 aromatic heterocycles. The minimum atomic E-state index is -0.217. The quantitative estimate of drug-likeness (QED) is 0.388. The average Bonchev–Trinajstić information content (AvgIpc) is 3.49. The van der Waals surface area contributed by atoms with Crippen LogP contribution in [0.3, 0.4) is 0 Å². The number of thiophene rings is 1. The van der Waals surface area contributed by atoms with Crippen molar-refractivity contribution in [3.8, 4) is 16.3 Å². The van der Waals surface area contributed by atoms with E-state index in [2.05, 4.69) is 26.8 Å². The predicted molar refractivity (Wildman–Crippen MR) is 129 cm³/mol. The first-order valence-corrected chi connectivity index (χ1v) is 11.9. The monoisotopic (exact) mass is 455 g/mol. The number of piperidine rings is 1. The zero-order valence-electron chi connectivity index (χ0n) is 17.3. The van der Waals surface area contributed by atoms with Gasteiger partial charge in [-0.25, -0.2) is 10.4 Å². The Hall–Kier alpha value is -2.91. The standard InChI is InChI=1S/C22H25N5O2S2/c1-29-17-9-7-16(8-10-17)23-15-20(28)26-24-14-19-21(18-6-5-13-30-18)25-22(31-19)27-11-3-2-4-12-27/h5-10,13-14,23H,2-4,11-12,15H2,1H3,(H,26,28)/b24-14-. The number of ether oxygens (including phenoxy) is 1. The van der Waals surface area contributed by atoms with E-state index in [1.54, 1.807) is 36.0 Å². The number of carbonyl (C=O) groups excluding carboxylic acids is 1. The third-order valence-corrected chi connectivity index (χ3v) is 6.86. The fourth-order valence-corrected chi connectivity index (χ4v) is 5.11. The van der Waals surface area contributed by atoms with Crippen molar-refractivity contribution >= 4 is 45.6 Å². The predicted octanol–water partition coefficient (Wildman–Crippen LogP) is 4.43. The number of rotatable bonds is 8. The Labute approximate surface area is 189 Å². The summed E-state index contributed by atoms with van der Waals surface area (Å²) in [6.45, 7) is 2.21. The van der Waals surface area contributed by atoms with Crippen LogP contribution in [0.15, 0.2) is 46.9 Å². The number of methoxy groups -OCH3 is 1. The van der Waals surface area contributed by atoms with Gasteiger partial charge in [0.25, 0.3) is 5.91 Å². The molecule has 0 unspecified atom stereocenters. The lowest BCUT2D eigenvalue weighted by Gasteiger charge is -2.25. The number of nitrogens with one attached hydrogen (secondary N) is 2. The second-order valence-corrected chi connectivity index (χ2v) is 9.07. The van der Waals surface area contributed by atoms with Gasteiger partial charge < -0.3 is 15.0 Å². The van der Waals surface area contributed by atoms with Gasteiger partial charge in [-0.15, -0.1) is 11.3 Å². The van der Waals surface area contributed by atoms with Crippen molar-refractivity contribution in [1.82, 2.24) is 10.4 Å². The van der Waals surface area contributed by atoms with Gasteiger partial charge in [-0.3, -0.25) is 4.79 Å². The molecule has 31 heavy (non-hydrogen) atoms. The molecule has 4 rings (SSSR count). The lowest BCUT2D eigenvalue weighted by atomic mass is 10.1. The van der Waals surface area contributed by atoms with Crippen molar-refractivity contribution in [3.05, 3.63) is 46.7 Å². The van der Waals surface area contributed by atoms with Crippen molar-refractivity contribution < 1.29 is 9.53 Å². The van der Waals surface area contributed by atoms with Crippen LogP contribution in [0.5, 0.6) is 5.75 Å². The van der Waals surface area contributed by atoms with Gasteiger partial charge in [0.2, 0.25) is 0 Å². The first-order valence-electron chi connectivity index (χ1n) is 10.2. The lowest BCUT2D eigenvalue weighted by Crippen LogP contribution is -2.29. The molecule has 9 heteroatoms. The van der Waals surface area contributed by atoms with E-state index in [0.717, 1.165) is 45.1 Å². The highest BCUT2D eigenvalue weighted by atomic mass is 32.1. The molecule has 1 aliphatic rings. The van der Waals surface area contributed by atoms with E-state index in [1.165, 1.54) is 19.3 Å². The van der Waals surface area contributed by atoms with Gasteiger partial charge in [-0.2, -0.15) is 5.10 Å². The summed E-state index contributed by atoms with van der Waals surface area (Å²) in [6, 6.07) is 11.5. The number of carbonyl (C=O) groups is 1. The van der Waals surface area contributed by atoms with Crippen LogP contribution >= 0.6 is 22.7 Å². The molecule has 0 saturated carbocycles. The average molecular weight is 456 g/mol. The minimum absolute atomic E-state index is 0.128. The topological polar surface area (TPSA) is 78.8 Å². The Balaban J connectivity index is 1.38. The highest BCUT2D eigenvalue weighted by Gasteiger charge is 2.19. The Morgan fingerprint density at radius 2 is 2.03 bits per heavy atom. The number of anilines is 2. The molecule has 3 heterocycles. The molecule has 1 aliphatic heterocycles. The molecule has 2 N–H and O–H groups in total. The highest BCUT2D eigenvalue weighted by molar-refractivity contribution is 7.18. The van der Waals surface area contributed by atoms with Gasteiger partial charge in [0.05, 0.1) is 29.6 Å². The Morgan fingerprint density at radius 1 is 1.23 bits per heavy atom. The molecular weight excluding hydrogens is 430 g/mol. The van der Waals surface area contributed by atoms with Crippen LogP contribution in [0, 0.1) is 0 Å². The Bertz CT molecular complexity index is 1010. The van der Waals surface area contributed by atoms with Crippen molar-refractivity contribution in [3.63, 3.8) is 0 Å². The van der Waals surface area contributed by atoms with Gasteiger partial charge in [0.15, 0.2) is 5.13 Å². The Morgan fingerprint density at radius 3 is 2.74 bits per heavy atom. The molecule has 1 amide bonds. The fraction of sp³-hybridized carbons (Fsp3) is 0.318. The smallest absolute Gasteiger partial charge is 0.259 e. The van der Waals surface area contributed by atoms with Gasteiger partial charge in [0, 0.05) is 18.8 Å². The number of hydrogen-bond donors (Lipinski definition) is 2. The Kier molecular flexibility index (Phi) is 7.16. The number of aromatic nitrogens is 1. The zero-order valence-corrected chi connectivity index (χ0v) is 19.0. The molecule has 0 atom stereocenters. The highest BCUT2D eigenvalue weighted by Crippen LogP contribution is 2.35. The number of amides is 1. The number of thiazole rings is 1. The van der Waals surface area contributed by atoms with Gasteiger partial charge >= 0.3 is 0 Å². The number of hydrogen-bond acceptors (Lipinski definition) is 8. The van der Waals surface area contributed by atoms with E-state index in [4.69, 9.17) is 9.72 Å². The maximum absolute atomic E-state index is 12.2. The van der Waals surface area contributed by atoms with Crippen LogP contribution < -0.4 is 20.4 Å². The van der Waals surface area contributed by atoms with Crippen molar-refractivity contribution in [2.45, 2.75) is 19.3 Å². The second-order valence-electron chi connectivity index (χ2n) is 7.11. The summed E-state index contributed by atoms with van der Waals surface area (Å²) >= 11 is 3.28. The van der Waals surface area contributed by atoms with Gasteiger partial charge in [0.1, 0.15) is 11.4 Å². The number of benzene rings is 1. The summed E-state index contributed by atoms with van der Waals surface area (Å²) in [7, 11) is 1.62. The molecule has 3 aromatic rings. The minimum Gasteiger partial charge on any atom is -0.497 e. The van der Waals surface area contributed by atoms with E-state index in [9.17, 15) is 4.79 Å². The van der Waals surface area contributed by atoms with Crippen LogP contribution in [0.2, 0.25) is 0 Å². The first kappa shape index (κ1) is 21.3. The van der Waals surface area contributed by atoms with Crippen LogP contribution in [-0.4, -0.2) is 43.8 Å². The van der Waals surface area contributed by atoms with Crippen LogP contribution in [0.4, 0.5) is 10.8 Å². The number of nitrogens with zero attached hydrogens (tertiary/aromatic N) is 3. The van der Waals surface area contributed by atoms with Crippen LogP contribution in [0.25, 0.3) is 10.6 Å². The van der Waals surface area contributed by atoms with Crippen molar-refractivity contribution in [2.24, 2.45) is 5.10 Å². The van der Waals surface area contributed by atoms with E-state index in [0.29, 0.717) is 0 Å². The molecule has 1 aromatic carbocycles. The summed E-state index contributed by atoms with van der Waals surface area (Å²) < 4.78 is 5.13. The molecule has 1 fully saturated rings. The molecule has 0 aliphatic carbocycles. The zero-order chi connectivity index (χ0) is 21.5. The lowest BCUT2D eigenvalue weighted by molar-refractivity contribution is -0.119. The summed E-state index contributed by atoms with van der Waals surface area (Å²) in [5.41, 5.74) is 4.36. The molecular formula is C22H25N5O2S2. The van der Waals surface area contributed by atoms with E-state index < -0.39 is 0 Å². The van der Waals surface area contributed by atoms with E-state index >= 15 is 0 Å². The largest absolute Gasteiger partial charge is 0.497 e. The van der Waals surface area contributed by atoms with Crippen LogP contribution in [0.1, 0.15) is 24.1 Å². The second kappa shape index (κ2) is 10.4. The third-order valence-electron chi connectivity index (χ3n) is 4.94. The van der Waals surface area contributed by atoms with E-state index in [-0.39, 0.29) is 12.5 Å². The number of hydrazone groups is 1. The van der Waals surface area contributed by atoms with Crippen molar-refractivity contribution in [2.75, 3.05) is 37.0 Å². The molecule has 162 valence electrons. The fourth-order valence-electron chi connectivity index (χ4n) is 3.31. The first-order chi connectivity index (χ1) is 15.2. The summed E-state index contributed by atoms with van der Waals surface area (Å²) in [6.07, 6.45) is 5.39. The SMILES string of the molecule is COc1ccc(NCC(=O)N/N=C\c2sc(N3CCCCC3)nc2-c2cccs2)cc1. The van der Waals surface area contributed by atoms with Crippen LogP contribution in [-0.2, 0) is 4.79 Å². The summed E-state index contributed by atoms with van der Waals surface area (Å²) in [5.74, 6) is 0.556.